The fraction of sp³-hybridized carbons (Fsp3) is 0.615. The molecule has 1 saturated carbocycles. The molecule has 2 aromatic heterocycles. The Morgan fingerprint density at radius 1 is 1.33 bits per heavy atom. The van der Waals surface area contributed by atoms with E-state index in [1.807, 2.05) is 13.8 Å². The molecule has 1 aliphatic carbocycles. The lowest BCUT2D eigenvalue weighted by Crippen LogP contribution is -2.57. The fourth-order valence-electron chi connectivity index (χ4n) is 2.71. The molecule has 1 fully saturated rings. The van der Waals surface area contributed by atoms with Crippen molar-refractivity contribution in [2.24, 2.45) is 19.5 Å². The molecule has 0 aliphatic heterocycles. The summed E-state index contributed by atoms with van der Waals surface area (Å²) in [6, 6.07) is 0.0638. The maximum Gasteiger partial charge on any atom is 0.332 e. The first kappa shape index (κ1) is 13.9. The van der Waals surface area contributed by atoms with E-state index in [1.165, 1.54) is 11.6 Å². The Balaban J connectivity index is 2.03. The summed E-state index contributed by atoms with van der Waals surface area (Å²) in [6.45, 7) is 3.94. The average Bonchev–Trinajstić information content (AvgIpc) is 2.87. The number of aliphatic hydroxyl groups excluding tert-OH is 1. The third-order valence-corrected chi connectivity index (χ3v) is 4.62. The quantitative estimate of drug-likeness (QED) is 0.694. The predicted octanol–water partition coefficient (Wildman–Crippen LogP) is -0.468. The Bertz CT molecular complexity index is 829. The number of imidazole rings is 1. The molecule has 0 spiro atoms. The summed E-state index contributed by atoms with van der Waals surface area (Å²) in [4.78, 5) is 31.2. The number of anilines is 1. The largest absolute Gasteiger partial charge is 0.392 e. The van der Waals surface area contributed by atoms with Crippen molar-refractivity contribution in [3.05, 3.63) is 20.8 Å². The van der Waals surface area contributed by atoms with Gasteiger partial charge in [0.25, 0.3) is 5.56 Å². The van der Waals surface area contributed by atoms with Gasteiger partial charge in [-0.25, -0.2) is 4.79 Å². The van der Waals surface area contributed by atoms with E-state index in [2.05, 4.69) is 15.3 Å². The van der Waals surface area contributed by atoms with Crippen LogP contribution in [-0.4, -0.2) is 36.4 Å². The van der Waals surface area contributed by atoms with E-state index in [4.69, 9.17) is 0 Å². The lowest BCUT2D eigenvalue weighted by Gasteiger charge is -2.49. The summed E-state index contributed by atoms with van der Waals surface area (Å²) in [7, 11) is 3.01. The number of nitrogens with one attached hydrogen (secondary N) is 2. The highest BCUT2D eigenvalue weighted by atomic mass is 16.3. The second-order valence-corrected chi connectivity index (χ2v) is 6.26. The number of aryl methyl sites for hydroxylation is 1. The van der Waals surface area contributed by atoms with Crippen LogP contribution in [0, 0.1) is 5.41 Å². The van der Waals surface area contributed by atoms with E-state index in [0.29, 0.717) is 23.5 Å². The van der Waals surface area contributed by atoms with Gasteiger partial charge in [-0.2, -0.15) is 4.98 Å². The molecule has 3 N–H and O–H groups in total. The third kappa shape index (κ3) is 1.82. The molecule has 2 unspecified atom stereocenters. The predicted molar refractivity (Wildman–Crippen MR) is 78.4 cm³/mol. The zero-order valence-corrected chi connectivity index (χ0v) is 12.5. The summed E-state index contributed by atoms with van der Waals surface area (Å²) >= 11 is 0. The van der Waals surface area contributed by atoms with E-state index in [-0.39, 0.29) is 17.6 Å². The number of aromatic nitrogens is 4. The van der Waals surface area contributed by atoms with Crippen molar-refractivity contribution in [3.63, 3.8) is 0 Å². The van der Waals surface area contributed by atoms with Crippen LogP contribution < -0.4 is 16.6 Å². The van der Waals surface area contributed by atoms with Crippen LogP contribution >= 0.6 is 0 Å². The lowest BCUT2D eigenvalue weighted by molar-refractivity contribution is -0.0512. The van der Waals surface area contributed by atoms with E-state index in [1.54, 1.807) is 7.05 Å². The molecule has 21 heavy (non-hydrogen) atoms. The summed E-state index contributed by atoms with van der Waals surface area (Å²) in [5.74, 6) is 0.438. The van der Waals surface area contributed by atoms with Gasteiger partial charge in [0.2, 0.25) is 5.95 Å². The molecular weight excluding hydrogens is 274 g/mol. The van der Waals surface area contributed by atoms with Crippen molar-refractivity contribution in [1.29, 1.82) is 0 Å². The highest BCUT2D eigenvalue weighted by molar-refractivity contribution is 5.72. The molecule has 2 atom stereocenters. The Hall–Kier alpha value is -2.09. The molecule has 2 aromatic rings. The van der Waals surface area contributed by atoms with Crippen LogP contribution in [0.2, 0.25) is 0 Å². The normalized spacial score (nSPS) is 24.0. The maximum absolute atomic E-state index is 12.1. The van der Waals surface area contributed by atoms with Gasteiger partial charge in [0.05, 0.1) is 6.10 Å². The van der Waals surface area contributed by atoms with Crippen molar-refractivity contribution >= 4 is 17.1 Å². The molecule has 0 bridgehead atoms. The maximum atomic E-state index is 12.1. The molecule has 0 saturated heterocycles. The molecule has 2 heterocycles. The molecule has 0 amide bonds. The van der Waals surface area contributed by atoms with Gasteiger partial charge < -0.3 is 15.4 Å². The standard InChI is InChI=1S/C13H19N5O3/c1-13(2)6(5-7(13)19)14-11-15-8-9(16-11)17(3)12(21)18(4)10(8)20/h6-7,19H,5H2,1-4H3,(H2,14,15,16). The molecule has 1 aliphatic rings. The molecule has 0 radical (unpaired) electrons. The van der Waals surface area contributed by atoms with Crippen molar-refractivity contribution in [2.45, 2.75) is 32.4 Å². The smallest absolute Gasteiger partial charge is 0.332 e. The van der Waals surface area contributed by atoms with Gasteiger partial charge in [-0.05, 0) is 6.42 Å². The molecule has 3 rings (SSSR count). The van der Waals surface area contributed by atoms with Gasteiger partial charge >= 0.3 is 5.69 Å². The summed E-state index contributed by atoms with van der Waals surface area (Å²) in [5, 5.41) is 12.9. The molecule has 8 nitrogen and oxygen atoms in total. The van der Waals surface area contributed by atoms with Gasteiger partial charge in [0, 0.05) is 25.6 Å². The van der Waals surface area contributed by atoms with Crippen LogP contribution in [0.3, 0.4) is 0 Å². The first-order valence-corrected chi connectivity index (χ1v) is 6.84. The van der Waals surface area contributed by atoms with E-state index < -0.39 is 11.2 Å². The van der Waals surface area contributed by atoms with Crippen molar-refractivity contribution in [3.8, 4) is 0 Å². The Labute approximate surface area is 120 Å². The number of H-pyrrole nitrogens is 1. The van der Waals surface area contributed by atoms with Crippen molar-refractivity contribution in [1.82, 2.24) is 19.1 Å². The molecule has 114 valence electrons. The highest BCUT2D eigenvalue weighted by Crippen LogP contribution is 2.41. The number of aliphatic hydroxyl groups is 1. The van der Waals surface area contributed by atoms with E-state index in [9.17, 15) is 14.7 Å². The number of rotatable bonds is 2. The Kier molecular flexibility index (Phi) is 2.78. The summed E-state index contributed by atoms with van der Waals surface area (Å²) in [5.41, 5.74) is -0.454. The lowest BCUT2D eigenvalue weighted by atomic mass is 9.65. The fourth-order valence-corrected chi connectivity index (χ4v) is 2.71. The second kappa shape index (κ2) is 4.20. The van der Waals surface area contributed by atoms with Crippen molar-refractivity contribution in [2.75, 3.05) is 5.32 Å². The minimum Gasteiger partial charge on any atom is -0.392 e. The van der Waals surface area contributed by atoms with Gasteiger partial charge in [-0.3, -0.25) is 13.9 Å². The topological polar surface area (TPSA) is 105 Å². The summed E-state index contributed by atoms with van der Waals surface area (Å²) in [6.07, 6.45) is 0.276. The first-order valence-electron chi connectivity index (χ1n) is 6.84. The van der Waals surface area contributed by atoms with Gasteiger partial charge in [0.15, 0.2) is 11.2 Å². The molecule has 0 aromatic carbocycles. The number of nitrogens with zero attached hydrogens (tertiary/aromatic N) is 3. The third-order valence-electron chi connectivity index (χ3n) is 4.62. The van der Waals surface area contributed by atoms with Gasteiger partial charge in [-0.15, -0.1) is 0 Å². The van der Waals surface area contributed by atoms with Crippen LogP contribution in [-0.2, 0) is 14.1 Å². The van der Waals surface area contributed by atoms with E-state index in [0.717, 1.165) is 4.57 Å². The molecular formula is C13H19N5O3. The van der Waals surface area contributed by atoms with Crippen LogP contribution in [0.5, 0.6) is 0 Å². The monoisotopic (exact) mass is 293 g/mol. The van der Waals surface area contributed by atoms with Crippen LogP contribution in [0.15, 0.2) is 9.59 Å². The Morgan fingerprint density at radius 3 is 2.57 bits per heavy atom. The van der Waals surface area contributed by atoms with Gasteiger partial charge in [0.1, 0.15) is 0 Å². The Morgan fingerprint density at radius 2 is 2.00 bits per heavy atom. The SMILES string of the molecule is Cn1c(=O)c2[nH]c(NC3CC(O)C3(C)C)nc2n(C)c1=O. The zero-order valence-electron chi connectivity index (χ0n) is 12.5. The zero-order chi connectivity index (χ0) is 15.5. The van der Waals surface area contributed by atoms with Crippen LogP contribution in [0.25, 0.3) is 11.2 Å². The highest BCUT2D eigenvalue weighted by Gasteiger charge is 2.47. The number of aromatic amines is 1. The van der Waals surface area contributed by atoms with Crippen molar-refractivity contribution < 1.29 is 5.11 Å². The average molecular weight is 293 g/mol. The minimum absolute atomic E-state index is 0.0638. The number of fused-ring (bicyclic) bond motifs is 1. The number of hydrogen-bond donors (Lipinski definition) is 3. The molecule has 8 heteroatoms. The number of hydrogen-bond acceptors (Lipinski definition) is 5. The first-order chi connectivity index (χ1) is 9.73. The van der Waals surface area contributed by atoms with Crippen LogP contribution in [0.1, 0.15) is 20.3 Å². The van der Waals surface area contributed by atoms with Gasteiger partial charge in [-0.1, -0.05) is 13.8 Å². The van der Waals surface area contributed by atoms with E-state index >= 15 is 0 Å². The summed E-state index contributed by atoms with van der Waals surface area (Å²) < 4.78 is 2.38. The minimum atomic E-state index is -0.412. The second-order valence-electron chi connectivity index (χ2n) is 6.26. The van der Waals surface area contributed by atoms with Crippen LogP contribution in [0.4, 0.5) is 5.95 Å².